The molecule has 2 heterocycles. The van der Waals surface area contributed by atoms with E-state index >= 15 is 0 Å². The zero-order chi connectivity index (χ0) is 23.1. The molecule has 170 valence electrons. The van der Waals surface area contributed by atoms with Gasteiger partial charge in [-0.05, 0) is 54.8 Å². The Balaban J connectivity index is 1.64. The van der Waals surface area contributed by atoms with Crippen LogP contribution in [-0.4, -0.2) is 73.7 Å². The average molecular weight is 477 g/mol. The van der Waals surface area contributed by atoms with Crippen LogP contribution in [-0.2, 0) is 14.8 Å². The number of piperazine rings is 1. The first kappa shape index (κ1) is 23.8. The largest absolute Gasteiger partial charge is 0.459 e. The summed E-state index contributed by atoms with van der Waals surface area (Å²) < 4.78 is 32.2. The van der Waals surface area contributed by atoms with Crippen LogP contribution in [0.1, 0.15) is 22.5 Å². The molecule has 1 aromatic carbocycles. The Bertz CT molecular complexity index is 1070. The molecule has 1 saturated heterocycles. The maximum Gasteiger partial charge on any atom is 0.287 e. The summed E-state index contributed by atoms with van der Waals surface area (Å²) in [5, 5.41) is 11.6. The fraction of sp³-hybridized carbons (Fsp3) is 0.381. The number of amides is 2. The van der Waals surface area contributed by atoms with Crippen LogP contribution in [0.4, 0.5) is 0 Å². The van der Waals surface area contributed by atoms with Crippen molar-refractivity contribution in [1.82, 2.24) is 14.5 Å². The second-order valence-corrected chi connectivity index (χ2v) is 10.1. The van der Waals surface area contributed by atoms with E-state index < -0.39 is 22.0 Å². The number of carbonyl (C=O) groups excluding carboxylic acids is 2. The Hall–Kier alpha value is -2.81. The van der Waals surface area contributed by atoms with Crippen LogP contribution in [0.2, 0.25) is 0 Å². The highest BCUT2D eigenvalue weighted by molar-refractivity contribution is 7.98. The number of hydrogen-bond donors (Lipinski definition) is 1. The SMILES string of the molecule is CSCCC(NC(=O)c1ccco1)C(=O)N1CCN(S(=O)(=O)c2ccc(C#N)cc2)CC1. The maximum atomic E-state index is 13.1. The van der Waals surface area contributed by atoms with Crippen LogP contribution in [0.25, 0.3) is 0 Å². The van der Waals surface area contributed by atoms with Gasteiger partial charge in [-0.25, -0.2) is 8.42 Å². The van der Waals surface area contributed by atoms with Crippen molar-refractivity contribution in [3.05, 3.63) is 54.0 Å². The molecular formula is C21H24N4O5S2. The van der Waals surface area contributed by atoms with Crippen molar-refractivity contribution in [3.8, 4) is 6.07 Å². The molecule has 0 spiro atoms. The van der Waals surface area contributed by atoms with Gasteiger partial charge in [-0.1, -0.05) is 0 Å². The van der Waals surface area contributed by atoms with Crippen molar-refractivity contribution in [1.29, 1.82) is 5.26 Å². The summed E-state index contributed by atoms with van der Waals surface area (Å²) in [6, 6.07) is 10.1. The first-order valence-corrected chi connectivity index (χ1v) is 12.8. The van der Waals surface area contributed by atoms with Crippen molar-refractivity contribution in [2.24, 2.45) is 0 Å². The second kappa shape index (κ2) is 10.7. The van der Waals surface area contributed by atoms with Gasteiger partial charge >= 0.3 is 0 Å². The Morgan fingerprint density at radius 2 is 1.88 bits per heavy atom. The van der Waals surface area contributed by atoms with Crippen LogP contribution in [0.15, 0.2) is 52.0 Å². The molecule has 32 heavy (non-hydrogen) atoms. The third-order valence-electron chi connectivity index (χ3n) is 5.13. The number of furan rings is 1. The number of nitrogens with one attached hydrogen (secondary N) is 1. The summed E-state index contributed by atoms with van der Waals surface area (Å²) in [4.78, 5) is 27.1. The summed E-state index contributed by atoms with van der Waals surface area (Å²) in [5.74, 6) is 0.109. The van der Waals surface area contributed by atoms with Crippen LogP contribution < -0.4 is 5.32 Å². The van der Waals surface area contributed by atoms with Gasteiger partial charge in [0, 0.05) is 26.2 Å². The summed E-state index contributed by atoms with van der Waals surface area (Å²) in [5.41, 5.74) is 0.382. The van der Waals surface area contributed by atoms with E-state index in [4.69, 9.17) is 9.68 Å². The molecule has 2 amide bonds. The third-order valence-corrected chi connectivity index (χ3v) is 7.69. The van der Waals surface area contributed by atoms with E-state index in [1.165, 1.54) is 40.9 Å². The van der Waals surface area contributed by atoms with Gasteiger partial charge in [-0.3, -0.25) is 9.59 Å². The van der Waals surface area contributed by atoms with E-state index in [9.17, 15) is 18.0 Å². The van der Waals surface area contributed by atoms with Gasteiger partial charge < -0.3 is 14.6 Å². The van der Waals surface area contributed by atoms with E-state index in [1.807, 2.05) is 12.3 Å². The molecule has 1 aliphatic heterocycles. The maximum absolute atomic E-state index is 13.1. The number of thioether (sulfide) groups is 1. The zero-order valence-corrected chi connectivity index (χ0v) is 19.2. The first-order valence-electron chi connectivity index (χ1n) is 9.99. The molecule has 2 aromatic rings. The molecule has 0 aliphatic carbocycles. The highest BCUT2D eigenvalue weighted by atomic mass is 32.2. The number of rotatable bonds is 8. The number of nitriles is 1. The summed E-state index contributed by atoms with van der Waals surface area (Å²) in [7, 11) is -3.72. The molecular weight excluding hydrogens is 452 g/mol. The summed E-state index contributed by atoms with van der Waals surface area (Å²) in [6.07, 6.45) is 3.76. The molecule has 1 aromatic heterocycles. The third kappa shape index (κ3) is 5.51. The molecule has 9 nitrogen and oxygen atoms in total. The molecule has 1 aliphatic rings. The van der Waals surface area contributed by atoms with Gasteiger partial charge in [0.25, 0.3) is 5.91 Å². The Morgan fingerprint density at radius 3 is 2.44 bits per heavy atom. The minimum absolute atomic E-state index is 0.111. The van der Waals surface area contributed by atoms with Gasteiger partial charge in [-0.15, -0.1) is 0 Å². The van der Waals surface area contributed by atoms with Crippen molar-refractivity contribution < 1.29 is 22.4 Å². The van der Waals surface area contributed by atoms with Gasteiger partial charge in [0.2, 0.25) is 15.9 Å². The Kier molecular flexibility index (Phi) is 7.95. The standard InChI is InChI=1S/C21H24N4O5S2/c1-31-14-8-18(23-20(26)19-3-2-13-30-19)21(27)24-9-11-25(12-10-24)32(28,29)17-6-4-16(15-22)5-7-17/h2-7,13,18H,8-12,14H2,1H3,(H,23,26). The lowest BCUT2D eigenvalue weighted by Crippen LogP contribution is -2.55. The molecule has 0 bridgehead atoms. The highest BCUT2D eigenvalue weighted by Gasteiger charge is 2.33. The minimum Gasteiger partial charge on any atom is -0.459 e. The quantitative estimate of drug-likeness (QED) is 0.613. The summed E-state index contributed by atoms with van der Waals surface area (Å²) >= 11 is 1.57. The lowest BCUT2D eigenvalue weighted by molar-refractivity contribution is -0.134. The fourth-order valence-electron chi connectivity index (χ4n) is 3.35. The van der Waals surface area contributed by atoms with Crippen LogP contribution >= 0.6 is 11.8 Å². The van der Waals surface area contributed by atoms with Crippen molar-refractivity contribution in [2.75, 3.05) is 38.2 Å². The second-order valence-electron chi connectivity index (χ2n) is 7.15. The smallest absolute Gasteiger partial charge is 0.287 e. The van der Waals surface area contributed by atoms with E-state index in [0.29, 0.717) is 17.7 Å². The van der Waals surface area contributed by atoms with Crippen molar-refractivity contribution >= 4 is 33.6 Å². The van der Waals surface area contributed by atoms with E-state index in [2.05, 4.69) is 5.32 Å². The van der Waals surface area contributed by atoms with E-state index in [1.54, 1.807) is 22.7 Å². The van der Waals surface area contributed by atoms with Crippen LogP contribution in [0, 0.1) is 11.3 Å². The molecule has 1 fully saturated rings. The Labute approximate surface area is 191 Å². The molecule has 0 radical (unpaired) electrons. The normalized spacial score (nSPS) is 15.7. The fourth-order valence-corrected chi connectivity index (χ4v) is 5.24. The zero-order valence-electron chi connectivity index (χ0n) is 17.6. The first-order chi connectivity index (χ1) is 15.4. The number of sulfonamides is 1. The highest BCUT2D eigenvalue weighted by Crippen LogP contribution is 2.19. The summed E-state index contributed by atoms with van der Waals surface area (Å²) in [6.45, 7) is 0.742. The number of carbonyl (C=O) groups is 2. The monoisotopic (exact) mass is 476 g/mol. The number of hydrogen-bond acceptors (Lipinski definition) is 7. The molecule has 1 atom stereocenters. The van der Waals surface area contributed by atoms with Gasteiger partial charge in [0.15, 0.2) is 5.76 Å². The number of nitrogens with zero attached hydrogens (tertiary/aromatic N) is 3. The van der Waals surface area contributed by atoms with Crippen molar-refractivity contribution in [3.63, 3.8) is 0 Å². The average Bonchev–Trinajstić information content (AvgIpc) is 3.36. The van der Waals surface area contributed by atoms with Crippen LogP contribution in [0.3, 0.4) is 0 Å². The van der Waals surface area contributed by atoms with Crippen molar-refractivity contribution in [2.45, 2.75) is 17.4 Å². The number of benzene rings is 1. The molecule has 0 saturated carbocycles. The predicted octanol–water partition coefficient (Wildman–Crippen LogP) is 1.54. The molecule has 3 rings (SSSR count). The van der Waals surface area contributed by atoms with Gasteiger partial charge in [0.1, 0.15) is 6.04 Å². The minimum atomic E-state index is -3.72. The topological polar surface area (TPSA) is 124 Å². The van der Waals surface area contributed by atoms with E-state index in [0.717, 1.165) is 0 Å². The van der Waals surface area contributed by atoms with Gasteiger partial charge in [-0.2, -0.15) is 21.3 Å². The Morgan fingerprint density at radius 1 is 1.19 bits per heavy atom. The lowest BCUT2D eigenvalue weighted by atomic mass is 10.1. The lowest BCUT2D eigenvalue weighted by Gasteiger charge is -2.35. The van der Waals surface area contributed by atoms with Gasteiger partial charge in [0.05, 0.1) is 22.8 Å². The predicted molar refractivity (Wildman–Crippen MR) is 119 cm³/mol. The van der Waals surface area contributed by atoms with E-state index in [-0.39, 0.29) is 42.7 Å². The van der Waals surface area contributed by atoms with Crippen LogP contribution in [0.5, 0.6) is 0 Å². The molecule has 11 heteroatoms. The molecule has 1 N–H and O–H groups in total. The molecule has 1 unspecified atom stereocenters.